The van der Waals surface area contributed by atoms with E-state index in [1.54, 1.807) is 17.0 Å². The normalized spacial score (nSPS) is 10.8. The van der Waals surface area contributed by atoms with Crippen LogP contribution in [-0.2, 0) is 0 Å². The van der Waals surface area contributed by atoms with Crippen LogP contribution in [0.2, 0.25) is 0 Å². The Bertz CT molecular complexity index is 684. The van der Waals surface area contributed by atoms with Crippen LogP contribution in [0.3, 0.4) is 0 Å². The molecule has 1 N–H and O–H groups in total. The lowest BCUT2D eigenvalue weighted by molar-refractivity contribution is 0.0982. The predicted octanol–water partition coefficient (Wildman–Crippen LogP) is 2.82. The third-order valence-electron chi connectivity index (χ3n) is 3.85. The molecular formula is C19H27N5O. The fraction of sp³-hybridized carbons (Fsp3) is 0.421. The van der Waals surface area contributed by atoms with Gasteiger partial charge in [-0.25, -0.2) is 0 Å². The molecule has 134 valence electrons. The van der Waals surface area contributed by atoms with Gasteiger partial charge >= 0.3 is 0 Å². The number of aryl methyl sites for hydroxylation is 1. The second-order valence-corrected chi connectivity index (χ2v) is 6.28. The fourth-order valence-electron chi connectivity index (χ4n) is 2.53. The predicted molar refractivity (Wildman–Crippen MR) is 102 cm³/mol. The van der Waals surface area contributed by atoms with Crippen molar-refractivity contribution in [2.24, 2.45) is 0 Å². The Morgan fingerprint density at radius 3 is 2.56 bits per heavy atom. The molecule has 1 aromatic heterocycles. The molecule has 0 atom stereocenters. The molecule has 2 aromatic rings. The SMILES string of the molecule is CCN(C(=O)c1ccc(NCCCN(C)C)nn1)c1cccc(C)c1. The number of carbonyl (C=O) groups excluding carboxylic acids is 1. The number of rotatable bonds is 8. The van der Waals surface area contributed by atoms with E-state index in [0.717, 1.165) is 30.8 Å². The van der Waals surface area contributed by atoms with Gasteiger partial charge in [-0.1, -0.05) is 12.1 Å². The molecule has 0 unspecified atom stereocenters. The standard InChI is InChI=1S/C19H27N5O/c1-5-24(16-9-6-8-15(2)14-16)19(25)17-10-11-18(22-21-17)20-12-7-13-23(3)4/h6,8-11,14H,5,7,12-13H2,1-4H3,(H,20,22). The van der Waals surface area contributed by atoms with E-state index in [4.69, 9.17) is 0 Å². The maximum absolute atomic E-state index is 12.7. The number of amides is 1. The molecule has 0 saturated heterocycles. The van der Waals surface area contributed by atoms with Gasteiger partial charge in [0.25, 0.3) is 5.91 Å². The fourth-order valence-corrected chi connectivity index (χ4v) is 2.53. The highest BCUT2D eigenvalue weighted by molar-refractivity contribution is 6.04. The Hall–Kier alpha value is -2.47. The lowest BCUT2D eigenvalue weighted by Gasteiger charge is -2.21. The minimum absolute atomic E-state index is 0.139. The third kappa shape index (κ3) is 5.53. The first-order valence-electron chi connectivity index (χ1n) is 8.62. The van der Waals surface area contributed by atoms with Gasteiger partial charge < -0.3 is 15.1 Å². The van der Waals surface area contributed by atoms with E-state index in [1.165, 1.54) is 0 Å². The summed E-state index contributed by atoms with van der Waals surface area (Å²) < 4.78 is 0. The second kappa shape index (κ2) is 9.13. The monoisotopic (exact) mass is 341 g/mol. The number of hydrogen-bond donors (Lipinski definition) is 1. The van der Waals surface area contributed by atoms with Crippen LogP contribution in [-0.4, -0.2) is 54.7 Å². The van der Waals surface area contributed by atoms with Crippen molar-refractivity contribution < 1.29 is 4.79 Å². The van der Waals surface area contributed by atoms with Crippen molar-refractivity contribution in [1.29, 1.82) is 0 Å². The van der Waals surface area contributed by atoms with Gasteiger partial charge in [0.15, 0.2) is 5.69 Å². The van der Waals surface area contributed by atoms with Crippen LogP contribution in [0.15, 0.2) is 36.4 Å². The molecular weight excluding hydrogens is 314 g/mol. The van der Waals surface area contributed by atoms with Gasteiger partial charge in [0.2, 0.25) is 0 Å². The van der Waals surface area contributed by atoms with Gasteiger partial charge in [-0.3, -0.25) is 4.79 Å². The van der Waals surface area contributed by atoms with Crippen molar-refractivity contribution in [3.63, 3.8) is 0 Å². The van der Waals surface area contributed by atoms with Crippen LogP contribution in [0.5, 0.6) is 0 Å². The minimum Gasteiger partial charge on any atom is -0.369 e. The molecule has 0 radical (unpaired) electrons. The second-order valence-electron chi connectivity index (χ2n) is 6.28. The van der Waals surface area contributed by atoms with Gasteiger partial charge in [0.1, 0.15) is 5.82 Å². The van der Waals surface area contributed by atoms with E-state index in [0.29, 0.717) is 18.1 Å². The Morgan fingerprint density at radius 2 is 1.96 bits per heavy atom. The molecule has 2 rings (SSSR count). The highest BCUT2D eigenvalue weighted by atomic mass is 16.2. The van der Waals surface area contributed by atoms with E-state index < -0.39 is 0 Å². The zero-order chi connectivity index (χ0) is 18.2. The first kappa shape index (κ1) is 18.9. The summed E-state index contributed by atoms with van der Waals surface area (Å²) in [5.74, 6) is 0.550. The summed E-state index contributed by atoms with van der Waals surface area (Å²) in [4.78, 5) is 16.6. The van der Waals surface area contributed by atoms with Gasteiger partial charge in [-0.15, -0.1) is 10.2 Å². The average Bonchev–Trinajstić information content (AvgIpc) is 2.60. The molecule has 25 heavy (non-hydrogen) atoms. The molecule has 0 fully saturated rings. The number of nitrogens with zero attached hydrogens (tertiary/aromatic N) is 4. The summed E-state index contributed by atoms with van der Waals surface area (Å²) in [5.41, 5.74) is 2.34. The molecule has 1 aromatic carbocycles. The summed E-state index contributed by atoms with van der Waals surface area (Å²) >= 11 is 0. The van der Waals surface area contributed by atoms with Crippen LogP contribution < -0.4 is 10.2 Å². The number of aromatic nitrogens is 2. The Kier molecular flexibility index (Phi) is 6.89. The van der Waals surface area contributed by atoms with Crippen molar-refractivity contribution in [2.45, 2.75) is 20.3 Å². The Balaban J connectivity index is 2.01. The lowest BCUT2D eigenvalue weighted by atomic mass is 10.2. The lowest BCUT2D eigenvalue weighted by Crippen LogP contribution is -2.31. The molecule has 0 aliphatic heterocycles. The first-order chi connectivity index (χ1) is 12.0. The summed E-state index contributed by atoms with van der Waals surface area (Å²) in [7, 11) is 4.10. The quantitative estimate of drug-likeness (QED) is 0.748. The molecule has 1 amide bonds. The Morgan fingerprint density at radius 1 is 1.16 bits per heavy atom. The zero-order valence-electron chi connectivity index (χ0n) is 15.5. The Labute approximate surface area is 149 Å². The van der Waals surface area contributed by atoms with Gasteiger partial charge in [0, 0.05) is 18.8 Å². The van der Waals surface area contributed by atoms with E-state index in [2.05, 4.69) is 20.4 Å². The number of nitrogens with one attached hydrogen (secondary N) is 1. The van der Waals surface area contributed by atoms with Crippen LogP contribution in [0.1, 0.15) is 29.4 Å². The van der Waals surface area contributed by atoms with Crippen LogP contribution in [0, 0.1) is 6.92 Å². The molecule has 6 nitrogen and oxygen atoms in total. The van der Waals surface area contributed by atoms with Crippen LogP contribution in [0.4, 0.5) is 11.5 Å². The van der Waals surface area contributed by atoms with Crippen molar-refractivity contribution in [3.05, 3.63) is 47.7 Å². The zero-order valence-corrected chi connectivity index (χ0v) is 15.5. The van der Waals surface area contributed by atoms with Gasteiger partial charge in [0.05, 0.1) is 0 Å². The number of anilines is 2. The van der Waals surface area contributed by atoms with Crippen molar-refractivity contribution in [2.75, 3.05) is 43.9 Å². The molecule has 1 heterocycles. The molecule has 6 heteroatoms. The number of carbonyl (C=O) groups is 1. The topological polar surface area (TPSA) is 61.4 Å². The number of hydrogen-bond acceptors (Lipinski definition) is 5. The summed E-state index contributed by atoms with van der Waals surface area (Å²) in [5, 5.41) is 11.4. The number of benzene rings is 1. The third-order valence-corrected chi connectivity index (χ3v) is 3.85. The van der Waals surface area contributed by atoms with Gasteiger partial charge in [-0.2, -0.15) is 0 Å². The van der Waals surface area contributed by atoms with E-state index in [1.807, 2.05) is 52.2 Å². The minimum atomic E-state index is -0.139. The smallest absolute Gasteiger partial charge is 0.278 e. The highest BCUT2D eigenvalue weighted by Gasteiger charge is 2.18. The summed E-state index contributed by atoms with van der Waals surface area (Å²) in [6.07, 6.45) is 1.02. The van der Waals surface area contributed by atoms with Crippen LogP contribution in [0.25, 0.3) is 0 Å². The van der Waals surface area contributed by atoms with Crippen molar-refractivity contribution in [3.8, 4) is 0 Å². The maximum Gasteiger partial charge on any atom is 0.278 e. The molecule has 0 bridgehead atoms. The van der Waals surface area contributed by atoms with E-state index in [-0.39, 0.29) is 5.91 Å². The summed E-state index contributed by atoms with van der Waals surface area (Å²) in [6, 6.07) is 11.4. The summed E-state index contributed by atoms with van der Waals surface area (Å²) in [6.45, 7) is 6.38. The molecule has 0 aliphatic carbocycles. The average molecular weight is 341 g/mol. The van der Waals surface area contributed by atoms with E-state index >= 15 is 0 Å². The van der Waals surface area contributed by atoms with Crippen molar-refractivity contribution >= 4 is 17.4 Å². The van der Waals surface area contributed by atoms with Crippen molar-refractivity contribution in [1.82, 2.24) is 15.1 Å². The first-order valence-corrected chi connectivity index (χ1v) is 8.62. The molecule has 0 spiro atoms. The largest absolute Gasteiger partial charge is 0.369 e. The molecule has 0 aliphatic rings. The highest BCUT2D eigenvalue weighted by Crippen LogP contribution is 2.18. The maximum atomic E-state index is 12.7. The van der Waals surface area contributed by atoms with E-state index in [9.17, 15) is 4.79 Å². The molecule has 0 saturated carbocycles. The van der Waals surface area contributed by atoms with Gasteiger partial charge in [-0.05, 0) is 70.7 Å². The van der Waals surface area contributed by atoms with Crippen LogP contribution >= 0.6 is 0 Å².